The van der Waals surface area contributed by atoms with Gasteiger partial charge in [-0.05, 0) is 36.8 Å². The summed E-state index contributed by atoms with van der Waals surface area (Å²) in [4.78, 5) is 23.2. The van der Waals surface area contributed by atoms with E-state index in [0.717, 1.165) is 12.3 Å². The Morgan fingerprint density at radius 1 is 1.00 bits per heavy atom. The van der Waals surface area contributed by atoms with E-state index >= 15 is 0 Å². The van der Waals surface area contributed by atoms with Gasteiger partial charge in [-0.3, -0.25) is 9.59 Å². The molecule has 1 amide bonds. The van der Waals surface area contributed by atoms with Crippen molar-refractivity contribution < 1.29 is 26.4 Å². The average molecular weight is 430 g/mol. The van der Waals surface area contributed by atoms with Crippen LogP contribution in [0.3, 0.4) is 0 Å². The second-order valence-electron chi connectivity index (χ2n) is 5.79. The number of ketones is 1. The summed E-state index contributed by atoms with van der Waals surface area (Å²) >= 11 is 5.89. The lowest BCUT2D eigenvalue weighted by Gasteiger charge is -2.11. The molecule has 0 spiro atoms. The van der Waals surface area contributed by atoms with Gasteiger partial charge in [-0.25, -0.2) is 21.6 Å². The number of halogens is 1. The first-order chi connectivity index (χ1) is 12.4. The number of sulfonamides is 1. The number of amides is 1. The van der Waals surface area contributed by atoms with E-state index < -0.39 is 37.1 Å². The highest BCUT2D eigenvalue weighted by atomic mass is 35.5. The maximum absolute atomic E-state index is 12.5. The largest absolute Gasteiger partial charge is 0.295 e. The van der Waals surface area contributed by atoms with Crippen LogP contribution >= 0.6 is 11.6 Å². The number of sulfone groups is 1. The molecule has 0 atom stereocenters. The molecule has 0 saturated heterocycles. The lowest BCUT2D eigenvalue weighted by molar-refractivity contribution is -0.118. The molecule has 2 rings (SSSR count). The Kier molecular flexibility index (Phi) is 6.08. The fourth-order valence-electron chi connectivity index (χ4n) is 2.35. The lowest BCUT2D eigenvalue weighted by Crippen LogP contribution is -2.32. The Hall–Kier alpha value is -2.23. The van der Waals surface area contributed by atoms with Crippen LogP contribution in [0, 0.1) is 0 Å². The minimum Gasteiger partial charge on any atom is -0.295 e. The maximum Gasteiger partial charge on any atom is 0.265 e. The summed E-state index contributed by atoms with van der Waals surface area (Å²) in [6.07, 6.45) is 0.528. The summed E-state index contributed by atoms with van der Waals surface area (Å²) in [5.41, 5.74) is 0.283. The minimum absolute atomic E-state index is 0.0610. The molecule has 144 valence electrons. The molecule has 0 aliphatic rings. The summed E-state index contributed by atoms with van der Waals surface area (Å²) in [7, 11) is -7.93. The van der Waals surface area contributed by atoms with Crippen molar-refractivity contribution in [1.82, 2.24) is 4.72 Å². The van der Waals surface area contributed by atoms with Crippen LogP contribution in [0.2, 0.25) is 5.02 Å². The Morgan fingerprint density at radius 2 is 1.63 bits per heavy atom. The van der Waals surface area contributed by atoms with Crippen molar-refractivity contribution in [2.24, 2.45) is 0 Å². The van der Waals surface area contributed by atoms with Gasteiger partial charge in [-0.2, -0.15) is 0 Å². The molecule has 27 heavy (non-hydrogen) atoms. The molecule has 0 unspecified atom stereocenters. The SMILES string of the molecule is CC(=O)c1ccc(Cl)c(S(=O)(=O)NC(=O)Cc2ccccc2S(C)(=O)=O)c1. The third-order valence-electron chi connectivity index (χ3n) is 3.60. The quantitative estimate of drug-likeness (QED) is 0.702. The van der Waals surface area contributed by atoms with Gasteiger partial charge in [0.25, 0.3) is 10.0 Å². The predicted molar refractivity (Wildman–Crippen MR) is 100 cm³/mol. The molecule has 2 aromatic rings. The third-order valence-corrected chi connectivity index (χ3v) is 6.65. The highest BCUT2D eigenvalue weighted by Gasteiger charge is 2.23. The number of hydrogen-bond acceptors (Lipinski definition) is 6. The topological polar surface area (TPSA) is 114 Å². The van der Waals surface area contributed by atoms with Gasteiger partial charge in [-0.15, -0.1) is 0 Å². The lowest BCUT2D eigenvalue weighted by atomic mass is 10.1. The number of nitrogens with one attached hydrogen (secondary N) is 1. The summed E-state index contributed by atoms with van der Waals surface area (Å²) < 4.78 is 50.4. The first-order valence-electron chi connectivity index (χ1n) is 7.56. The van der Waals surface area contributed by atoms with Crippen LogP contribution in [-0.4, -0.2) is 34.8 Å². The zero-order chi connectivity index (χ0) is 20.4. The van der Waals surface area contributed by atoms with Crippen molar-refractivity contribution in [3.63, 3.8) is 0 Å². The van der Waals surface area contributed by atoms with E-state index in [1.165, 1.54) is 37.3 Å². The van der Waals surface area contributed by atoms with Crippen LogP contribution in [0.1, 0.15) is 22.8 Å². The van der Waals surface area contributed by atoms with Crippen molar-refractivity contribution >= 4 is 43.2 Å². The number of benzene rings is 2. The number of rotatable bonds is 6. The van der Waals surface area contributed by atoms with Crippen LogP contribution in [-0.2, 0) is 31.1 Å². The molecule has 2 aromatic carbocycles. The highest BCUT2D eigenvalue weighted by molar-refractivity contribution is 7.91. The molecule has 0 saturated carbocycles. The summed E-state index contributed by atoms with van der Waals surface area (Å²) in [6.45, 7) is 1.26. The van der Waals surface area contributed by atoms with E-state index in [1.807, 2.05) is 4.72 Å². The number of carbonyl (C=O) groups excluding carboxylic acids is 2. The van der Waals surface area contributed by atoms with Gasteiger partial charge in [-0.1, -0.05) is 29.8 Å². The standard InChI is InChI=1S/C17H16ClNO6S2/c1-11(20)12-7-8-14(18)16(9-12)27(24,25)19-17(21)10-13-5-3-4-6-15(13)26(2,22)23/h3-9H,10H2,1-2H3,(H,19,21). The maximum atomic E-state index is 12.5. The molecule has 0 heterocycles. The van der Waals surface area contributed by atoms with Gasteiger partial charge in [0.1, 0.15) is 4.90 Å². The molecular weight excluding hydrogens is 414 g/mol. The monoisotopic (exact) mass is 429 g/mol. The van der Waals surface area contributed by atoms with Crippen molar-refractivity contribution in [3.8, 4) is 0 Å². The molecule has 0 aliphatic heterocycles. The first kappa shape index (κ1) is 21.1. The van der Waals surface area contributed by atoms with Crippen LogP contribution in [0.4, 0.5) is 0 Å². The second-order valence-corrected chi connectivity index (χ2v) is 9.83. The third kappa shape index (κ3) is 5.15. The molecule has 0 bridgehead atoms. The molecule has 0 fully saturated rings. The zero-order valence-corrected chi connectivity index (χ0v) is 16.8. The average Bonchev–Trinajstić information content (AvgIpc) is 2.53. The van der Waals surface area contributed by atoms with Gasteiger partial charge >= 0.3 is 0 Å². The normalized spacial score (nSPS) is 11.8. The highest BCUT2D eigenvalue weighted by Crippen LogP contribution is 2.23. The van der Waals surface area contributed by atoms with Gasteiger partial charge in [0.15, 0.2) is 15.6 Å². The first-order valence-corrected chi connectivity index (χ1v) is 11.3. The fourth-order valence-corrected chi connectivity index (χ4v) is 4.81. The van der Waals surface area contributed by atoms with Crippen LogP contribution in [0.25, 0.3) is 0 Å². The Balaban J connectivity index is 2.31. The summed E-state index contributed by atoms with van der Waals surface area (Å²) in [6, 6.07) is 9.49. The fraction of sp³-hybridized carbons (Fsp3) is 0.176. The van der Waals surface area contributed by atoms with E-state index in [4.69, 9.17) is 11.6 Å². The summed E-state index contributed by atoms with van der Waals surface area (Å²) in [5.74, 6) is -1.30. The van der Waals surface area contributed by atoms with Crippen LogP contribution < -0.4 is 4.72 Å². The van der Waals surface area contributed by atoms with E-state index in [2.05, 4.69) is 0 Å². The Bertz CT molecular complexity index is 1120. The van der Waals surface area contributed by atoms with Crippen molar-refractivity contribution in [3.05, 3.63) is 58.6 Å². The second kappa shape index (κ2) is 7.79. The summed E-state index contributed by atoms with van der Waals surface area (Å²) in [5, 5.41) is -0.156. The van der Waals surface area contributed by atoms with Gasteiger partial charge in [0, 0.05) is 11.8 Å². The van der Waals surface area contributed by atoms with E-state index in [9.17, 15) is 26.4 Å². The van der Waals surface area contributed by atoms with Crippen molar-refractivity contribution in [2.45, 2.75) is 23.1 Å². The molecule has 1 N–H and O–H groups in total. The smallest absolute Gasteiger partial charge is 0.265 e. The van der Waals surface area contributed by atoms with E-state index in [-0.39, 0.29) is 26.8 Å². The molecule has 0 aromatic heterocycles. The van der Waals surface area contributed by atoms with Gasteiger partial charge < -0.3 is 0 Å². The number of carbonyl (C=O) groups is 2. The molecule has 0 radical (unpaired) electrons. The van der Waals surface area contributed by atoms with Crippen molar-refractivity contribution in [2.75, 3.05) is 6.26 Å². The van der Waals surface area contributed by atoms with Crippen molar-refractivity contribution in [1.29, 1.82) is 0 Å². The van der Waals surface area contributed by atoms with Gasteiger partial charge in [0.2, 0.25) is 5.91 Å². The minimum atomic E-state index is -4.35. The van der Waals surface area contributed by atoms with Crippen LogP contribution in [0.5, 0.6) is 0 Å². The van der Waals surface area contributed by atoms with Crippen LogP contribution in [0.15, 0.2) is 52.3 Å². The zero-order valence-electron chi connectivity index (χ0n) is 14.4. The molecule has 7 nitrogen and oxygen atoms in total. The molecular formula is C17H16ClNO6S2. The molecule has 10 heteroatoms. The number of Topliss-reactive ketones (excluding diaryl/α,β-unsaturated/α-hetero) is 1. The van der Waals surface area contributed by atoms with E-state index in [1.54, 1.807) is 6.07 Å². The molecule has 0 aliphatic carbocycles. The number of hydrogen-bond donors (Lipinski definition) is 1. The van der Waals surface area contributed by atoms with E-state index in [0.29, 0.717) is 0 Å². The van der Waals surface area contributed by atoms with Gasteiger partial charge in [0.05, 0.1) is 16.3 Å². The predicted octanol–water partition coefficient (Wildman–Crippen LogP) is 1.99. The Labute approximate surface area is 162 Å². The Morgan fingerprint density at radius 3 is 2.22 bits per heavy atom.